The van der Waals surface area contributed by atoms with Crippen LogP contribution in [0.15, 0.2) is 149 Å². The molecular formula is C38H24O. The number of furan rings is 1. The SMILES string of the molecule is [2H]c1cc(-c2c([2H])c([2H])c([2H])c([2H])c2[2H])c([2H])c(-c2c3c([2H])c([2H])c([2H])c([2H])c3c(-c3c([2H])c([2H])c4c(oc5c([2H])c([2H])c([2H])c([2H])c54)c3[2H])c3c([2H])c([2H])c([2H])c([2H])c23)c1[2H]. The van der Waals surface area contributed by atoms with Gasteiger partial charge in [-0.3, -0.25) is 0 Å². The first-order valence-corrected chi connectivity index (χ1v) is 11.5. The largest absolute Gasteiger partial charge is 0.456 e. The molecule has 0 aliphatic rings. The highest BCUT2D eigenvalue weighted by Gasteiger charge is 2.18. The van der Waals surface area contributed by atoms with Crippen molar-refractivity contribution in [1.29, 1.82) is 0 Å². The molecule has 0 unspecified atom stereocenters. The minimum Gasteiger partial charge on any atom is -0.456 e. The number of hydrogen-bond donors (Lipinski definition) is 0. The summed E-state index contributed by atoms with van der Waals surface area (Å²) >= 11 is 0. The fourth-order valence-electron chi connectivity index (χ4n) is 4.57. The van der Waals surface area contributed by atoms with Gasteiger partial charge in [0.05, 0.1) is 31.5 Å². The molecule has 0 atom stereocenters. The zero-order chi connectivity index (χ0) is 45.8. The van der Waals surface area contributed by atoms with Crippen LogP contribution in [0.25, 0.3) is 76.9 Å². The molecule has 7 aromatic carbocycles. The van der Waals surface area contributed by atoms with Crippen LogP contribution < -0.4 is 0 Å². The number of benzene rings is 7. The maximum Gasteiger partial charge on any atom is 0.136 e. The van der Waals surface area contributed by atoms with E-state index >= 15 is 0 Å². The maximum absolute atomic E-state index is 9.48. The quantitative estimate of drug-likeness (QED) is 0.212. The van der Waals surface area contributed by atoms with E-state index in [1.165, 1.54) is 0 Å². The van der Waals surface area contributed by atoms with E-state index in [9.17, 15) is 9.60 Å². The van der Waals surface area contributed by atoms with Crippen molar-refractivity contribution in [2.24, 2.45) is 0 Å². The van der Waals surface area contributed by atoms with Gasteiger partial charge in [0.1, 0.15) is 11.2 Å². The number of para-hydroxylation sites is 1. The van der Waals surface area contributed by atoms with Gasteiger partial charge in [0.15, 0.2) is 0 Å². The van der Waals surface area contributed by atoms with Crippen LogP contribution in [0.4, 0.5) is 0 Å². The van der Waals surface area contributed by atoms with Crippen LogP contribution in [0.5, 0.6) is 0 Å². The van der Waals surface area contributed by atoms with Crippen molar-refractivity contribution < 1.29 is 35.9 Å². The van der Waals surface area contributed by atoms with Crippen molar-refractivity contribution in [3.63, 3.8) is 0 Å². The highest BCUT2D eigenvalue weighted by Crippen LogP contribution is 2.45. The third-order valence-corrected chi connectivity index (χ3v) is 6.20. The van der Waals surface area contributed by atoms with Gasteiger partial charge in [0.2, 0.25) is 0 Å². The zero-order valence-corrected chi connectivity index (χ0v) is 19.5. The standard InChI is InChI=1S/C38H24O/c1-2-11-25(12-3-1)26-13-10-14-27(23-26)37-31-16-4-6-18-33(31)38(34-19-7-5-17-32(34)37)28-21-22-30-29-15-8-9-20-35(29)39-36(30)24-28/h1-24H/i1D,2D,3D,4D,5D,6D,7D,8D,9D,10D,11D,12D,14D,15D,16D,17D,18D,19D,20D,21D,22D,23D,24D. The molecule has 1 heteroatoms. The summed E-state index contributed by atoms with van der Waals surface area (Å²) in [6.45, 7) is 0. The third-order valence-electron chi connectivity index (χ3n) is 6.20. The summed E-state index contributed by atoms with van der Waals surface area (Å²) in [6, 6.07) is -18.0. The van der Waals surface area contributed by atoms with Crippen molar-refractivity contribution in [3.05, 3.63) is 145 Å². The normalized spacial score (nSPS) is 19.8. The summed E-state index contributed by atoms with van der Waals surface area (Å²) in [5.41, 5.74) is -4.76. The highest BCUT2D eigenvalue weighted by molar-refractivity contribution is 6.22. The molecule has 1 nitrogen and oxygen atoms in total. The Bertz CT molecular complexity index is 3330. The third kappa shape index (κ3) is 3.48. The molecule has 0 aliphatic heterocycles. The number of hydrogen-bond acceptors (Lipinski definition) is 1. The molecule has 0 spiro atoms. The van der Waals surface area contributed by atoms with Crippen molar-refractivity contribution in [1.82, 2.24) is 0 Å². The first-order chi connectivity index (χ1) is 28.9. The summed E-state index contributed by atoms with van der Waals surface area (Å²) < 4.78 is 208. The van der Waals surface area contributed by atoms with Crippen molar-refractivity contribution in [2.45, 2.75) is 0 Å². The smallest absolute Gasteiger partial charge is 0.136 e. The molecule has 39 heavy (non-hydrogen) atoms. The van der Waals surface area contributed by atoms with Crippen molar-refractivity contribution in [3.8, 4) is 33.4 Å². The van der Waals surface area contributed by atoms with E-state index in [0.717, 1.165) is 6.07 Å². The molecule has 0 radical (unpaired) electrons. The second kappa shape index (κ2) is 8.72. The Morgan fingerprint density at radius 2 is 0.872 bits per heavy atom. The van der Waals surface area contributed by atoms with E-state index in [1.807, 2.05) is 0 Å². The van der Waals surface area contributed by atoms with Crippen LogP contribution in [-0.2, 0) is 0 Å². The summed E-state index contributed by atoms with van der Waals surface area (Å²) in [5, 5.41) is -3.28. The summed E-state index contributed by atoms with van der Waals surface area (Å²) in [5.74, 6) is 0. The Labute approximate surface area is 258 Å². The summed E-state index contributed by atoms with van der Waals surface area (Å²) in [6.07, 6.45) is 0. The van der Waals surface area contributed by atoms with Gasteiger partial charge < -0.3 is 4.42 Å². The van der Waals surface area contributed by atoms with E-state index in [1.54, 1.807) is 0 Å². The molecule has 8 aromatic rings. The minimum atomic E-state index is -0.921. The maximum atomic E-state index is 9.48. The fourth-order valence-corrected chi connectivity index (χ4v) is 4.57. The monoisotopic (exact) mass is 519 g/mol. The second-order valence-corrected chi connectivity index (χ2v) is 8.34. The minimum absolute atomic E-state index is 0.338. The Balaban J connectivity index is 1.70. The van der Waals surface area contributed by atoms with Crippen molar-refractivity contribution >= 4 is 43.5 Å². The molecule has 1 aromatic heterocycles. The van der Waals surface area contributed by atoms with Gasteiger partial charge >= 0.3 is 0 Å². The lowest BCUT2D eigenvalue weighted by Gasteiger charge is -2.18. The van der Waals surface area contributed by atoms with Gasteiger partial charge in [0, 0.05) is 10.8 Å². The molecule has 0 amide bonds. The fraction of sp³-hybridized carbons (Fsp3) is 0. The first kappa shape index (κ1) is 8.97. The molecule has 0 saturated carbocycles. The van der Waals surface area contributed by atoms with Crippen LogP contribution in [0.3, 0.4) is 0 Å². The van der Waals surface area contributed by atoms with Gasteiger partial charge in [0.25, 0.3) is 0 Å². The average Bonchev–Trinajstić information content (AvgIpc) is 3.65. The average molecular weight is 520 g/mol. The van der Waals surface area contributed by atoms with Crippen LogP contribution >= 0.6 is 0 Å². The van der Waals surface area contributed by atoms with Gasteiger partial charge in [-0.15, -0.1) is 0 Å². The predicted molar refractivity (Wildman–Crippen MR) is 165 cm³/mol. The van der Waals surface area contributed by atoms with Gasteiger partial charge in [-0.05, 0) is 79.1 Å². The Hall–Kier alpha value is -5.14. The topological polar surface area (TPSA) is 13.1 Å². The first-order valence-electron chi connectivity index (χ1n) is 23.0. The lowest BCUT2D eigenvalue weighted by Crippen LogP contribution is -1.91. The summed E-state index contributed by atoms with van der Waals surface area (Å²) in [4.78, 5) is 0. The molecule has 8 rings (SSSR count). The van der Waals surface area contributed by atoms with E-state index in [4.69, 9.17) is 26.3 Å². The Kier molecular flexibility index (Phi) is 2.00. The molecule has 0 saturated heterocycles. The van der Waals surface area contributed by atoms with E-state index < -0.39 is 205 Å². The lowest BCUT2D eigenvalue weighted by molar-refractivity contribution is 0.669. The molecule has 0 bridgehead atoms. The molecule has 1 heterocycles. The number of fused-ring (bicyclic) bond motifs is 5. The van der Waals surface area contributed by atoms with Crippen LogP contribution in [-0.4, -0.2) is 0 Å². The van der Waals surface area contributed by atoms with Gasteiger partial charge in [-0.25, -0.2) is 0 Å². The van der Waals surface area contributed by atoms with Crippen LogP contribution in [0.2, 0.25) is 0 Å². The molecular weight excluding hydrogens is 472 g/mol. The van der Waals surface area contributed by atoms with E-state index in [-0.39, 0.29) is 10.8 Å². The molecule has 0 aliphatic carbocycles. The summed E-state index contributed by atoms with van der Waals surface area (Å²) in [7, 11) is 0. The Morgan fingerprint density at radius 3 is 1.54 bits per heavy atom. The van der Waals surface area contributed by atoms with Crippen LogP contribution in [0, 0.1) is 0 Å². The van der Waals surface area contributed by atoms with Gasteiger partial charge in [-0.2, -0.15) is 0 Å². The van der Waals surface area contributed by atoms with E-state index in [0.29, 0.717) is 0 Å². The lowest BCUT2D eigenvalue weighted by atomic mass is 9.85. The van der Waals surface area contributed by atoms with Crippen LogP contribution in [0.1, 0.15) is 31.5 Å². The highest BCUT2D eigenvalue weighted by atomic mass is 16.3. The number of rotatable bonds is 3. The van der Waals surface area contributed by atoms with Crippen molar-refractivity contribution in [2.75, 3.05) is 0 Å². The predicted octanol–water partition coefficient (Wildman–Crippen LogP) is 10.9. The van der Waals surface area contributed by atoms with Gasteiger partial charge in [-0.1, -0.05) is 121 Å². The molecule has 0 N–H and O–H groups in total. The molecule has 182 valence electrons. The molecule has 0 fully saturated rings. The second-order valence-electron chi connectivity index (χ2n) is 8.34. The Morgan fingerprint density at radius 1 is 0.359 bits per heavy atom. The van der Waals surface area contributed by atoms with E-state index in [2.05, 4.69) is 0 Å². The zero-order valence-electron chi connectivity index (χ0n) is 42.5.